The van der Waals surface area contributed by atoms with Crippen LogP contribution in [0.15, 0.2) is 40.8 Å². The molecular weight excluding hydrogens is 280 g/mol. The summed E-state index contributed by atoms with van der Waals surface area (Å²) in [7, 11) is 0. The van der Waals surface area contributed by atoms with Crippen molar-refractivity contribution in [1.29, 1.82) is 0 Å². The fourth-order valence-electron chi connectivity index (χ4n) is 3.18. The molecule has 0 saturated carbocycles. The summed E-state index contributed by atoms with van der Waals surface area (Å²) in [5.74, 6) is 0. The summed E-state index contributed by atoms with van der Waals surface area (Å²) in [5, 5.41) is 12.3. The zero-order valence-corrected chi connectivity index (χ0v) is 11.6. The number of aromatic amines is 1. The molecule has 108 valence electrons. The molecule has 0 aliphatic heterocycles. The van der Waals surface area contributed by atoms with Gasteiger partial charge < -0.3 is 4.98 Å². The van der Waals surface area contributed by atoms with E-state index in [4.69, 9.17) is 0 Å². The minimum absolute atomic E-state index is 0.0971. The molecule has 0 saturated heterocycles. The molecule has 22 heavy (non-hydrogen) atoms. The third kappa shape index (κ3) is 1.75. The molecule has 5 nitrogen and oxygen atoms in total. The van der Waals surface area contributed by atoms with Crippen molar-refractivity contribution in [3.63, 3.8) is 0 Å². The number of pyridine rings is 1. The van der Waals surface area contributed by atoms with Crippen LogP contribution in [0.1, 0.15) is 17.5 Å². The Kier molecular flexibility index (Phi) is 2.63. The van der Waals surface area contributed by atoms with Crippen LogP contribution in [0.5, 0.6) is 0 Å². The standard InChI is InChI=1S/C17H12N2O3/c20-17-14-8-6-11(19(21)22)5-7-13(14)15-9-10-3-1-2-4-12(10)16(15)18-17/h1-5,7-8H,6,9H2,(H,18,20). The number of nitro groups is 1. The second-order valence-corrected chi connectivity index (χ2v) is 5.46. The Bertz CT molecular complexity index is 1030. The summed E-state index contributed by atoms with van der Waals surface area (Å²) >= 11 is 0. The van der Waals surface area contributed by atoms with E-state index in [2.05, 4.69) is 4.98 Å². The molecular formula is C17H12N2O3. The van der Waals surface area contributed by atoms with Gasteiger partial charge in [-0.25, -0.2) is 0 Å². The van der Waals surface area contributed by atoms with Crippen molar-refractivity contribution in [2.24, 2.45) is 0 Å². The molecule has 2 aliphatic rings. The first-order valence-electron chi connectivity index (χ1n) is 7.04. The molecule has 0 amide bonds. The number of allylic oxidation sites excluding steroid dienone is 2. The van der Waals surface area contributed by atoms with Gasteiger partial charge in [-0.3, -0.25) is 14.9 Å². The van der Waals surface area contributed by atoms with Crippen LogP contribution in [-0.4, -0.2) is 9.91 Å². The zero-order valence-electron chi connectivity index (χ0n) is 11.6. The summed E-state index contributed by atoms with van der Waals surface area (Å²) in [6.07, 6.45) is 5.75. The Labute approximate surface area is 125 Å². The van der Waals surface area contributed by atoms with Crippen LogP contribution in [-0.2, 0) is 6.42 Å². The normalized spacial score (nSPS) is 14.6. The van der Waals surface area contributed by atoms with E-state index in [-0.39, 0.29) is 17.7 Å². The largest absolute Gasteiger partial charge is 0.321 e. The number of fused-ring (bicyclic) bond motifs is 5. The van der Waals surface area contributed by atoms with E-state index < -0.39 is 4.92 Å². The highest BCUT2D eigenvalue weighted by atomic mass is 16.6. The lowest BCUT2D eigenvalue weighted by molar-refractivity contribution is -0.426. The summed E-state index contributed by atoms with van der Waals surface area (Å²) in [5.41, 5.74) is 3.97. The van der Waals surface area contributed by atoms with Crippen molar-refractivity contribution < 1.29 is 4.92 Å². The van der Waals surface area contributed by atoms with Crippen LogP contribution >= 0.6 is 0 Å². The molecule has 1 heterocycles. The van der Waals surface area contributed by atoms with Gasteiger partial charge in [0.1, 0.15) is 0 Å². The quantitative estimate of drug-likeness (QED) is 0.538. The first-order valence-corrected chi connectivity index (χ1v) is 7.04. The zero-order chi connectivity index (χ0) is 15.3. The van der Waals surface area contributed by atoms with E-state index in [1.165, 1.54) is 6.08 Å². The molecule has 0 radical (unpaired) electrons. The lowest BCUT2D eigenvalue weighted by atomic mass is 10.1. The number of nitrogens with zero attached hydrogens (tertiary/aromatic N) is 1. The average Bonchev–Trinajstić information content (AvgIpc) is 2.72. The Hall–Kier alpha value is -2.95. The van der Waals surface area contributed by atoms with E-state index in [0.717, 1.165) is 34.0 Å². The van der Waals surface area contributed by atoms with Crippen LogP contribution in [0.2, 0.25) is 0 Å². The predicted octanol–water partition coefficient (Wildman–Crippen LogP) is 1.07. The third-order valence-electron chi connectivity index (χ3n) is 4.25. The van der Waals surface area contributed by atoms with Gasteiger partial charge in [0, 0.05) is 23.3 Å². The van der Waals surface area contributed by atoms with Crippen LogP contribution < -0.4 is 16.0 Å². The summed E-state index contributed by atoms with van der Waals surface area (Å²) in [4.78, 5) is 25.9. The van der Waals surface area contributed by atoms with Crippen molar-refractivity contribution in [3.8, 4) is 11.3 Å². The van der Waals surface area contributed by atoms with Gasteiger partial charge in [0.2, 0.25) is 5.70 Å². The van der Waals surface area contributed by atoms with Gasteiger partial charge in [0.05, 0.1) is 17.0 Å². The van der Waals surface area contributed by atoms with Crippen LogP contribution in [0.3, 0.4) is 0 Å². The number of H-pyrrole nitrogens is 1. The van der Waals surface area contributed by atoms with Gasteiger partial charge in [-0.1, -0.05) is 30.3 Å². The Morgan fingerprint density at radius 1 is 1.14 bits per heavy atom. The van der Waals surface area contributed by atoms with Gasteiger partial charge in [-0.05, 0) is 22.4 Å². The van der Waals surface area contributed by atoms with Crippen LogP contribution in [0.4, 0.5) is 0 Å². The number of rotatable bonds is 1. The van der Waals surface area contributed by atoms with Gasteiger partial charge >= 0.3 is 0 Å². The fourth-order valence-corrected chi connectivity index (χ4v) is 3.18. The van der Waals surface area contributed by atoms with Crippen molar-refractivity contribution in [3.05, 3.63) is 78.1 Å². The van der Waals surface area contributed by atoms with E-state index >= 15 is 0 Å². The summed E-state index contributed by atoms with van der Waals surface area (Å²) < 4.78 is 0. The molecule has 2 aliphatic carbocycles. The average molecular weight is 292 g/mol. The van der Waals surface area contributed by atoms with E-state index in [1.54, 1.807) is 12.2 Å². The van der Waals surface area contributed by atoms with Crippen molar-refractivity contribution in [2.75, 3.05) is 0 Å². The lowest BCUT2D eigenvalue weighted by Gasteiger charge is -2.01. The van der Waals surface area contributed by atoms with Gasteiger partial charge in [0.25, 0.3) is 5.56 Å². The number of hydrogen-bond acceptors (Lipinski definition) is 3. The number of benzene rings is 1. The van der Waals surface area contributed by atoms with Crippen LogP contribution in [0, 0.1) is 10.1 Å². The highest BCUT2D eigenvalue weighted by Gasteiger charge is 2.21. The van der Waals surface area contributed by atoms with E-state index in [0.29, 0.717) is 5.22 Å². The highest BCUT2D eigenvalue weighted by molar-refractivity contribution is 5.74. The van der Waals surface area contributed by atoms with E-state index in [1.807, 2.05) is 24.3 Å². The second-order valence-electron chi connectivity index (χ2n) is 5.46. The lowest BCUT2D eigenvalue weighted by Crippen LogP contribution is -2.42. The van der Waals surface area contributed by atoms with Crippen molar-refractivity contribution >= 4 is 12.2 Å². The molecule has 2 aromatic rings. The van der Waals surface area contributed by atoms with Crippen molar-refractivity contribution in [1.82, 2.24) is 4.98 Å². The molecule has 1 aromatic heterocycles. The maximum Gasteiger partial charge on any atom is 0.255 e. The topological polar surface area (TPSA) is 76.0 Å². The third-order valence-corrected chi connectivity index (χ3v) is 4.25. The first kappa shape index (κ1) is 12.8. The molecule has 1 aromatic carbocycles. The number of hydrogen-bond donors (Lipinski definition) is 1. The smallest absolute Gasteiger partial charge is 0.255 e. The van der Waals surface area contributed by atoms with Gasteiger partial charge in [0.15, 0.2) is 0 Å². The van der Waals surface area contributed by atoms with Gasteiger partial charge in [-0.2, -0.15) is 0 Å². The molecule has 0 atom stereocenters. The molecule has 1 N–H and O–H groups in total. The number of aromatic nitrogens is 1. The predicted molar refractivity (Wildman–Crippen MR) is 83.2 cm³/mol. The first-order chi connectivity index (χ1) is 10.6. The monoisotopic (exact) mass is 292 g/mol. The maximum absolute atomic E-state index is 12.4. The Balaban J connectivity index is 2.06. The van der Waals surface area contributed by atoms with E-state index in [9.17, 15) is 14.9 Å². The molecule has 0 spiro atoms. The maximum atomic E-state index is 12.4. The summed E-state index contributed by atoms with van der Waals surface area (Å²) in [6, 6.07) is 7.95. The van der Waals surface area contributed by atoms with Gasteiger partial charge in [-0.15, -0.1) is 0 Å². The van der Waals surface area contributed by atoms with Crippen LogP contribution in [0.25, 0.3) is 23.4 Å². The SMILES string of the molecule is O=c1[nH]c2c(c3c1=CCC([N+](=O)[O-])=CC=3)Cc1ccccc1-2. The molecule has 0 fully saturated rings. The Morgan fingerprint density at radius 3 is 2.77 bits per heavy atom. The molecule has 5 heteroatoms. The molecule has 4 rings (SSSR count). The minimum Gasteiger partial charge on any atom is -0.321 e. The fraction of sp³-hybridized carbons (Fsp3) is 0.118. The second kappa shape index (κ2) is 4.53. The number of nitrogens with one attached hydrogen (secondary N) is 1. The molecule has 0 bridgehead atoms. The summed E-state index contributed by atoms with van der Waals surface area (Å²) in [6.45, 7) is 0. The van der Waals surface area contributed by atoms with Crippen molar-refractivity contribution in [2.45, 2.75) is 12.8 Å². The minimum atomic E-state index is -0.401. The molecule has 0 unspecified atom stereocenters. The Morgan fingerprint density at radius 2 is 1.95 bits per heavy atom. The highest BCUT2D eigenvalue weighted by Crippen LogP contribution is 2.31.